The molecule has 1 unspecified atom stereocenters. The molecular weight excluding hydrogens is 505 g/mol. The Labute approximate surface area is 225 Å². The van der Waals surface area contributed by atoms with Crippen molar-refractivity contribution in [2.45, 2.75) is 32.3 Å². The maximum Gasteiger partial charge on any atom is 0.230 e. The van der Waals surface area contributed by atoms with Crippen molar-refractivity contribution in [1.29, 1.82) is 0 Å². The van der Waals surface area contributed by atoms with Crippen molar-refractivity contribution in [3.05, 3.63) is 60.3 Å². The third kappa shape index (κ3) is 7.85. The molecular formula is C27H32FN7O4. The SMILES string of the molecule is CCC(O)CNCCCOc1cc2ncnc(Nc3cc(CC(=O)Nc4cccc(F)c4)[nH]n3)c2cc1OC. The van der Waals surface area contributed by atoms with E-state index in [0.717, 1.165) is 13.0 Å². The fourth-order valence-electron chi connectivity index (χ4n) is 3.81. The minimum absolute atomic E-state index is 0.0267. The molecule has 4 aromatic rings. The smallest absolute Gasteiger partial charge is 0.230 e. The Balaban J connectivity index is 1.38. The van der Waals surface area contributed by atoms with E-state index in [1.807, 2.05) is 6.92 Å². The van der Waals surface area contributed by atoms with Crippen molar-refractivity contribution in [2.75, 3.05) is 37.4 Å². The maximum absolute atomic E-state index is 13.4. The number of nitrogens with zero attached hydrogens (tertiary/aromatic N) is 3. The predicted octanol–water partition coefficient (Wildman–Crippen LogP) is 3.55. The van der Waals surface area contributed by atoms with Gasteiger partial charge in [0.05, 0.1) is 31.8 Å². The van der Waals surface area contributed by atoms with Crippen LogP contribution in [-0.4, -0.2) is 64.1 Å². The van der Waals surface area contributed by atoms with Gasteiger partial charge in [-0.05, 0) is 43.7 Å². The van der Waals surface area contributed by atoms with E-state index in [-0.39, 0.29) is 18.4 Å². The standard InChI is InChI=1S/C27H32FN7O4/c1-3-20(36)15-29-8-5-9-39-24-14-22-21(13-23(24)38-2)27(31-16-30-22)33-25-11-19(34-35-25)12-26(37)32-18-7-4-6-17(28)10-18/h4,6-7,10-11,13-14,16,20,29,36H,3,5,8-9,12,15H2,1-2H3,(H,32,37)(H2,30,31,33,34,35). The summed E-state index contributed by atoms with van der Waals surface area (Å²) in [6, 6.07) is 11.0. The lowest BCUT2D eigenvalue weighted by molar-refractivity contribution is -0.115. The third-order valence-electron chi connectivity index (χ3n) is 5.86. The van der Waals surface area contributed by atoms with Gasteiger partial charge in [0.15, 0.2) is 17.3 Å². The molecule has 0 aliphatic heterocycles. The van der Waals surface area contributed by atoms with Crippen LogP contribution < -0.4 is 25.4 Å². The lowest BCUT2D eigenvalue weighted by Crippen LogP contribution is -2.27. The van der Waals surface area contributed by atoms with E-state index in [1.165, 1.54) is 24.5 Å². The molecule has 0 saturated heterocycles. The number of hydrogen-bond acceptors (Lipinski definition) is 9. The number of aromatic amines is 1. The zero-order chi connectivity index (χ0) is 27.6. The van der Waals surface area contributed by atoms with Crippen molar-refractivity contribution >= 4 is 34.1 Å². The van der Waals surface area contributed by atoms with Gasteiger partial charge in [0.2, 0.25) is 5.91 Å². The van der Waals surface area contributed by atoms with Crippen LogP contribution in [0.25, 0.3) is 10.9 Å². The number of H-pyrrole nitrogens is 1. The highest BCUT2D eigenvalue weighted by molar-refractivity contribution is 5.93. The average molecular weight is 538 g/mol. The summed E-state index contributed by atoms with van der Waals surface area (Å²) in [5.41, 5.74) is 1.60. The van der Waals surface area contributed by atoms with E-state index < -0.39 is 5.82 Å². The molecule has 1 atom stereocenters. The molecule has 0 bridgehead atoms. The molecule has 0 saturated carbocycles. The van der Waals surface area contributed by atoms with E-state index in [4.69, 9.17) is 9.47 Å². The first-order valence-electron chi connectivity index (χ1n) is 12.7. The first-order valence-corrected chi connectivity index (χ1v) is 12.7. The number of carbonyl (C=O) groups is 1. The number of halogens is 1. The van der Waals surface area contributed by atoms with Crippen LogP contribution in [0.4, 0.5) is 21.7 Å². The number of amides is 1. The van der Waals surface area contributed by atoms with E-state index in [2.05, 4.69) is 36.1 Å². The van der Waals surface area contributed by atoms with Crippen molar-refractivity contribution in [3.63, 3.8) is 0 Å². The second-order valence-electron chi connectivity index (χ2n) is 8.85. The van der Waals surface area contributed by atoms with Crippen LogP contribution in [0.2, 0.25) is 0 Å². The number of rotatable bonds is 14. The normalized spacial score (nSPS) is 11.8. The van der Waals surface area contributed by atoms with Crippen molar-refractivity contribution < 1.29 is 23.8 Å². The molecule has 39 heavy (non-hydrogen) atoms. The van der Waals surface area contributed by atoms with Crippen LogP contribution >= 0.6 is 0 Å². The van der Waals surface area contributed by atoms with E-state index in [9.17, 15) is 14.3 Å². The van der Waals surface area contributed by atoms with Crippen LogP contribution in [0, 0.1) is 5.82 Å². The Bertz CT molecular complexity index is 1400. The molecule has 12 heteroatoms. The number of ether oxygens (including phenoxy) is 2. The van der Waals surface area contributed by atoms with Crippen molar-refractivity contribution in [1.82, 2.24) is 25.5 Å². The molecule has 0 aliphatic rings. The molecule has 0 fully saturated rings. The number of hydrogen-bond donors (Lipinski definition) is 5. The molecule has 0 radical (unpaired) electrons. The number of aliphatic hydroxyl groups excluding tert-OH is 1. The van der Waals surface area contributed by atoms with Gasteiger partial charge >= 0.3 is 0 Å². The van der Waals surface area contributed by atoms with Crippen LogP contribution in [0.5, 0.6) is 11.5 Å². The maximum atomic E-state index is 13.4. The fraction of sp³-hybridized carbons (Fsp3) is 0.333. The second-order valence-corrected chi connectivity index (χ2v) is 8.85. The van der Waals surface area contributed by atoms with Gasteiger partial charge < -0.3 is 30.5 Å². The number of methoxy groups -OCH3 is 1. The zero-order valence-corrected chi connectivity index (χ0v) is 21.8. The van der Waals surface area contributed by atoms with Gasteiger partial charge in [0.25, 0.3) is 0 Å². The number of nitrogens with one attached hydrogen (secondary N) is 4. The average Bonchev–Trinajstić information content (AvgIpc) is 3.36. The molecule has 4 rings (SSSR count). The largest absolute Gasteiger partial charge is 0.493 e. The Morgan fingerprint density at radius 3 is 2.85 bits per heavy atom. The minimum atomic E-state index is -0.426. The fourth-order valence-corrected chi connectivity index (χ4v) is 3.81. The topological polar surface area (TPSA) is 146 Å². The molecule has 0 aliphatic carbocycles. The summed E-state index contributed by atoms with van der Waals surface area (Å²) in [6.07, 6.45) is 2.60. The van der Waals surface area contributed by atoms with Gasteiger partial charge in [0.1, 0.15) is 18.0 Å². The molecule has 11 nitrogen and oxygen atoms in total. The highest BCUT2D eigenvalue weighted by Crippen LogP contribution is 2.34. The Morgan fingerprint density at radius 1 is 1.18 bits per heavy atom. The second kappa shape index (κ2) is 13.5. The van der Waals surface area contributed by atoms with Crippen LogP contribution in [0.3, 0.4) is 0 Å². The van der Waals surface area contributed by atoms with Gasteiger partial charge in [-0.1, -0.05) is 13.0 Å². The summed E-state index contributed by atoms with van der Waals surface area (Å²) >= 11 is 0. The lowest BCUT2D eigenvalue weighted by atomic mass is 10.2. The first-order chi connectivity index (χ1) is 18.9. The molecule has 5 N–H and O–H groups in total. The zero-order valence-electron chi connectivity index (χ0n) is 21.8. The minimum Gasteiger partial charge on any atom is -0.493 e. The van der Waals surface area contributed by atoms with Gasteiger partial charge in [-0.15, -0.1) is 0 Å². The number of aliphatic hydroxyl groups is 1. The van der Waals surface area contributed by atoms with Crippen molar-refractivity contribution in [3.8, 4) is 11.5 Å². The number of carbonyl (C=O) groups excluding carboxylic acids is 1. The van der Waals surface area contributed by atoms with Gasteiger partial charge in [0, 0.05) is 35.4 Å². The van der Waals surface area contributed by atoms with Gasteiger partial charge in [-0.2, -0.15) is 5.10 Å². The summed E-state index contributed by atoms with van der Waals surface area (Å²) in [4.78, 5) is 21.0. The van der Waals surface area contributed by atoms with E-state index >= 15 is 0 Å². The molecule has 2 aromatic heterocycles. The molecule has 206 valence electrons. The monoisotopic (exact) mass is 537 g/mol. The summed E-state index contributed by atoms with van der Waals surface area (Å²) < 4.78 is 24.8. The first kappa shape index (κ1) is 27.7. The molecule has 2 aromatic carbocycles. The van der Waals surface area contributed by atoms with Crippen LogP contribution in [-0.2, 0) is 11.2 Å². The molecule has 0 spiro atoms. The summed E-state index contributed by atoms with van der Waals surface area (Å²) in [5.74, 6) is 1.33. The highest BCUT2D eigenvalue weighted by Gasteiger charge is 2.14. The Hall–Kier alpha value is -4.29. The lowest BCUT2D eigenvalue weighted by Gasteiger charge is -2.14. The quantitative estimate of drug-likeness (QED) is 0.152. The Kier molecular flexibility index (Phi) is 9.59. The van der Waals surface area contributed by atoms with Crippen molar-refractivity contribution in [2.24, 2.45) is 0 Å². The van der Waals surface area contributed by atoms with Crippen LogP contribution in [0.15, 0.2) is 48.8 Å². The number of anilines is 3. The van der Waals surface area contributed by atoms with E-state index in [0.29, 0.717) is 65.0 Å². The highest BCUT2D eigenvalue weighted by atomic mass is 19.1. The van der Waals surface area contributed by atoms with E-state index in [1.54, 1.807) is 31.4 Å². The summed E-state index contributed by atoms with van der Waals surface area (Å²) in [6.45, 7) is 3.69. The van der Waals surface area contributed by atoms with Gasteiger partial charge in [-0.3, -0.25) is 9.89 Å². The number of aromatic nitrogens is 4. The molecule has 2 heterocycles. The summed E-state index contributed by atoms with van der Waals surface area (Å²) in [5, 5.41) is 26.4. The predicted molar refractivity (Wildman–Crippen MR) is 146 cm³/mol. The summed E-state index contributed by atoms with van der Waals surface area (Å²) in [7, 11) is 1.56. The number of benzene rings is 2. The number of fused-ring (bicyclic) bond motifs is 1. The molecule has 1 amide bonds. The van der Waals surface area contributed by atoms with Crippen LogP contribution in [0.1, 0.15) is 25.5 Å². The Morgan fingerprint density at radius 2 is 2.05 bits per heavy atom. The third-order valence-corrected chi connectivity index (χ3v) is 5.86. The van der Waals surface area contributed by atoms with Gasteiger partial charge in [-0.25, -0.2) is 14.4 Å².